The van der Waals surface area contributed by atoms with Crippen LogP contribution in [0.5, 0.6) is 5.75 Å². The Morgan fingerprint density at radius 2 is 1.76 bits per heavy atom. The third-order valence-electron chi connectivity index (χ3n) is 4.57. The molecule has 1 heterocycles. The van der Waals surface area contributed by atoms with Crippen molar-refractivity contribution in [3.63, 3.8) is 0 Å². The maximum atomic E-state index is 5.90. The number of nitrogens with zero attached hydrogens (tertiary/aromatic N) is 1. The summed E-state index contributed by atoms with van der Waals surface area (Å²) in [6.07, 6.45) is 1.01. The summed E-state index contributed by atoms with van der Waals surface area (Å²) in [5.74, 6) is 2.20. The van der Waals surface area contributed by atoms with Crippen molar-refractivity contribution in [1.82, 2.24) is 4.98 Å². The van der Waals surface area contributed by atoms with E-state index in [0.29, 0.717) is 25.7 Å². The van der Waals surface area contributed by atoms with Crippen LogP contribution in [0.2, 0.25) is 0 Å². The lowest BCUT2D eigenvalue weighted by atomic mass is 10.1. The SMILES string of the molecule is CCOCCO[C@@H](C)Cc1ccc(OCc2nc(-c3ccccc3)oc2C)cc1. The molecule has 0 N–H and O–H groups in total. The number of benzene rings is 2. The van der Waals surface area contributed by atoms with E-state index in [-0.39, 0.29) is 6.10 Å². The second-order valence-electron chi connectivity index (χ2n) is 6.90. The van der Waals surface area contributed by atoms with E-state index in [1.54, 1.807) is 0 Å². The maximum absolute atomic E-state index is 5.90. The van der Waals surface area contributed by atoms with Gasteiger partial charge in [0.05, 0.1) is 19.3 Å². The van der Waals surface area contributed by atoms with Crippen LogP contribution in [-0.4, -0.2) is 30.9 Å². The van der Waals surface area contributed by atoms with E-state index in [4.69, 9.17) is 18.6 Å². The number of oxazole rings is 1. The Morgan fingerprint density at radius 3 is 2.48 bits per heavy atom. The van der Waals surface area contributed by atoms with E-state index in [2.05, 4.69) is 24.0 Å². The maximum Gasteiger partial charge on any atom is 0.226 e. The molecule has 0 fully saturated rings. The zero-order valence-electron chi connectivity index (χ0n) is 17.4. The molecule has 0 unspecified atom stereocenters. The molecule has 3 rings (SSSR count). The third kappa shape index (κ3) is 6.44. The first-order valence-corrected chi connectivity index (χ1v) is 10.1. The minimum Gasteiger partial charge on any atom is -0.487 e. The minimum absolute atomic E-state index is 0.149. The lowest BCUT2D eigenvalue weighted by Gasteiger charge is -2.13. The molecule has 1 atom stereocenters. The van der Waals surface area contributed by atoms with Gasteiger partial charge in [-0.1, -0.05) is 30.3 Å². The van der Waals surface area contributed by atoms with Gasteiger partial charge < -0.3 is 18.6 Å². The summed E-state index contributed by atoms with van der Waals surface area (Å²) >= 11 is 0. The van der Waals surface area contributed by atoms with Crippen molar-refractivity contribution in [3.05, 3.63) is 71.6 Å². The normalized spacial score (nSPS) is 12.1. The molecule has 0 saturated heterocycles. The van der Waals surface area contributed by atoms with Gasteiger partial charge in [-0.3, -0.25) is 0 Å². The quantitative estimate of drug-likeness (QED) is 0.417. The number of rotatable bonds is 11. The summed E-state index contributed by atoms with van der Waals surface area (Å²) < 4.78 is 22.7. The summed E-state index contributed by atoms with van der Waals surface area (Å²) in [5, 5.41) is 0. The third-order valence-corrected chi connectivity index (χ3v) is 4.57. The highest BCUT2D eigenvalue weighted by molar-refractivity contribution is 5.53. The summed E-state index contributed by atoms with van der Waals surface area (Å²) in [6.45, 7) is 8.33. The van der Waals surface area contributed by atoms with Crippen molar-refractivity contribution in [3.8, 4) is 17.2 Å². The number of hydrogen-bond acceptors (Lipinski definition) is 5. The molecule has 0 aliphatic heterocycles. The highest BCUT2D eigenvalue weighted by atomic mass is 16.5. The Morgan fingerprint density at radius 1 is 1.00 bits per heavy atom. The van der Waals surface area contributed by atoms with E-state index < -0.39 is 0 Å². The Bertz CT molecular complexity index is 858. The largest absolute Gasteiger partial charge is 0.487 e. The first-order chi connectivity index (χ1) is 14.2. The Hall–Kier alpha value is -2.63. The molecule has 0 saturated carbocycles. The highest BCUT2D eigenvalue weighted by Gasteiger charge is 2.12. The molecular weight excluding hydrogens is 366 g/mol. The zero-order chi connectivity index (χ0) is 20.5. The lowest BCUT2D eigenvalue weighted by Crippen LogP contribution is -2.15. The van der Waals surface area contributed by atoms with Crippen molar-refractivity contribution < 1.29 is 18.6 Å². The number of hydrogen-bond donors (Lipinski definition) is 0. The van der Waals surface area contributed by atoms with E-state index in [9.17, 15) is 0 Å². The number of ether oxygens (including phenoxy) is 3. The van der Waals surface area contributed by atoms with Crippen molar-refractivity contribution in [2.75, 3.05) is 19.8 Å². The highest BCUT2D eigenvalue weighted by Crippen LogP contribution is 2.23. The second-order valence-corrected chi connectivity index (χ2v) is 6.90. The number of aromatic nitrogens is 1. The summed E-state index contributed by atoms with van der Waals surface area (Å²) in [6, 6.07) is 18.0. The summed E-state index contributed by atoms with van der Waals surface area (Å²) in [5.41, 5.74) is 2.98. The molecule has 0 bridgehead atoms. The van der Waals surface area contributed by atoms with Crippen LogP contribution >= 0.6 is 0 Å². The fourth-order valence-corrected chi connectivity index (χ4v) is 2.98. The first kappa shape index (κ1) is 21.1. The predicted octanol–water partition coefficient (Wildman–Crippen LogP) is 5.21. The molecule has 5 nitrogen and oxygen atoms in total. The van der Waals surface area contributed by atoms with Crippen molar-refractivity contribution in [2.45, 2.75) is 39.9 Å². The zero-order valence-corrected chi connectivity index (χ0v) is 17.4. The minimum atomic E-state index is 0.149. The van der Waals surface area contributed by atoms with Gasteiger partial charge in [0.25, 0.3) is 0 Å². The van der Waals surface area contributed by atoms with E-state index >= 15 is 0 Å². The smallest absolute Gasteiger partial charge is 0.226 e. The van der Waals surface area contributed by atoms with Crippen LogP contribution < -0.4 is 4.74 Å². The van der Waals surface area contributed by atoms with Crippen molar-refractivity contribution >= 4 is 0 Å². The molecule has 0 aliphatic carbocycles. The van der Waals surface area contributed by atoms with Gasteiger partial charge >= 0.3 is 0 Å². The fraction of sp³-hybridized carbons (Fsp3) is 0.375. The van der Waals surface area contributed by atoms with Gasteiger partial charge in [0.2, 0.25) is 5.89 Å². The van der Waals surface area contributed by atoms with E-state index in [1.807, 2.05) is 56.3 Å². The molecule has 0 amide bonds. The average molecular weight is 395 g/mol. The van der Waals surface area contributed by atoms with Gasteiger partial charge in [0.15, 0.2) is 0 Å². The molecule has 5 heteroatoms. The van der Waals surface area contributed by atoms with Crippen LogP contribution in [0.4, 0.5) is 0 Å². The molecule has 2 aromatic carbocycles. The molecule has 3 aromatic rings. The summed E-state index contributed by atoms with van der Waals surface area (Å²) in [7, 11) is 0. The van der Waals surface area contributed by atoms with Gasteiger partial charge in [-0.25, -0.2) is 4.98 Å². The summed E-state index contributed by atoms with van der Waals surface area (Å²) in [4.78, 5) is 4.58. The molecule has 0 spiro atoms. The second kappa shape index (κ2) is 10.8. The molecule has 0 radical (unpaired) electrons. The topological polar surface area (TPSA) is 53.7 Å². The Kier molecular flexibility index (Phi) is 7.85. The van der Waals surface area contributed by atoms with Crippen LogP contribution in [-0.2, 0) is 22.5 Å². The van der Waals surface area contributed by atoms with Crippen molar-refractivity contribution in [1.29, 1.82) is 0 Å². The molecule has 1 aromatic heterocycles. The lowest BCUT2D eigenvalue weighted by molar-refractivity contribution is 0.0158. The Balaban J connectivity index is 1.50. The average Bonchev–Trinajstić information content (AvgIpc) is 3.12. The molecule has 0 aliphatic rings. The van der Waals surface area contributed by atoms with E-state index in [0.717, 1.165) is 35.8 Å². The fourth-order valence-electron chi connectivity index (χ4n) is 2.98. The van der Waals surface area contributed by atoms with Gasteiger partial charge in [-0.2, -0.15) is 0 Å². The van der Waals surface area contributed by atoms with Crippen LogP contribution in [0.15, 0.2) is 59.0 Å². The first-order valence-electron chi connectivity index (χ1n) is 10.1. The molecule has 154 valence electrons. The van der Waals surface area contributed by atoms with Crippen LogP contribution in [0.1, 0.15) is 30.9 Å². The monoisotopic (exact) mass is 395 g/mol. The van der Waals surface area contributed by atoms with Gasteiger partial charge in [0, 0.05) is 12.2 Å². The van der Waals surface area contributed by atoms with Crippen LogP contribution in [0.25, 0.3) is 11.5 Å². The Labute approximate surface area is 172 Å². The van der Waals surface area contributed by atoms with Crippen LogP contribution in [0, 0.1) is 6.92 Å². The van der Waals surface area contributed by atoms with Crippen molar-refractivity contribution in [2.24, 2.45) is 0 Å². The van der Waals surface area contributed by atoms with Gasteiger partial charge in [0.1, 0.15) is 23.8 Å². The van der Waals surface area contributed by atoms with Gasteiger partial charge in [-0.15, -0.1) is 0 Å². The molecular formula is C24H29NO4. The molecule has 29 heavy (non-hydrogen) atoms. The standard InChI is InChI=1S/C24H29NO4/c1-4-26-14-15-27-18(2)16-20-10-12-22(13-11-20)28-17-23-19(3)29-24(25-23)21-8-6-5-7-9-21/h5-13,18H,4,14-17H2,1-3H3/t18-/m0/s1. The predicted molar refractivity (Wildman–Crippen MR) is 113 cm³/mol. The van der Waals surface area contributed by atoms with E-state index in [1.165, 1.54) is 5.56 Å². The number of aryl methyl sites for hydroxylation is 1. The van der Waals surface area contributed by atoms with Crippen LogP contribution in [0.3, 0.4) is 0 Å². The van der Waals surface area contributed by atoms with Gasteiger partial charge in [-0.05, 0) is 57.0 Å².